The van der Waals surface area contributed by atoms with Gasteiger partial charge < -0.3 is 23.7 Å². The van der Waals surface area contributed by atoms with Crippen LogP contribution in [0.5, 0.6) is 0 Å². The Hall–Kier alpha value is -1.35. The molecular weight excluding hydrogens is 397 g/mol. The molecule has 0 atom stereocenters. The zero-order chi connectivity index (χ0) is 22.8. The van der Waals surface area contributed by atoms with Crippen LogP contribution >= 0.6 is 0 Å². The summed E-state index contributed by atoms with van der Waals surface area (Å²) < 4.78 is 19.1. The fourth-order valence-electron chi connectivity index (χ4n) is 3.58. The summed E-state index contributed by atoms with van der Waals surface area (Å²) in [7, 11) is -2.52. The highest BCUT2D eigenvalue weighted by atomic mass is 28.4. The summed E-state index contributed by atoms with van der Waals surface area (Å²) in [6, 6.07) is 8.09. The van der Waals surface area contributed by atoms with Crippen LogP contribution in [0.4, 0.5) is 4.79 Å². The first kappa shape index (κ1) is 23.3. The van der Waals surface area contributed by atoms with Crippen molar-refractivity contribution in [1.29, 1.82) is 0 Å². The number of hydrogen-bond donors (Lipinski definition) is 1. The van der Waals surface area contributed by atoms with E-state index < -0.39 is 27.1 Å². The van der Waals surface area contributed by atoms with Gasteiger partial charge in [0.1, 0.15) is 5.60 Å². The molecule has 0 saturated carbocycles. The molecule has 8 heteroatoms. The zero-order valence-corrected chi connectivity index (χ0v) is 20.8. The van der Waals surface area contributed by atoms with E-state index >= 15 is 0 Å². The first-order valence-corrected chi connectivity index (χ1v) is 13.5. The van der Waals surface area contributed by atoms with Gasteiger partial charge in [0.2, 0.25) is 0 Å². The van der Waals surface area contributed by atoms with Crippen molar-refractivity contribution in [1.82, 2.24) is 4.90 Å². The van der Waals surface area contributed by atoms with Gasteiger partial charge in [0, 0.05) is 0 Å². The minimum absolute atomic E-state index is 0.0340. The molecule has 2 aliphatic heterocycles. The molecule has 1 amide bonds. The van der Waals surface area contributed by atoms with Gasteiger partial charge in [0.15, 0.2) is 8.32 Å². The molecule has 0 bridgehead atoms. The van der Waals surface area contributed by atoms with Crippen molar-refractivity contribution in [2.45, 2.75) is 83.4 Å². The number of rotatable bonds is 4. The summed E-state index contributed by atoms with van der Waals surface area (Å²) in [6.45, 7) is 19.9. The second-order valence-corrected chi connectivity index (χ2v) is 15.9. The third kappa shape index (κ3) is 3.95. The van der Waals surface area contributed by atoms with Crippen molar-refractivity contribution < 1.29 is 23.6 Å². The predicted octanol–water partition coefficient (Wildman–Crippen LogP) is 4.20. The highest BCUT2D eigenvalue weighted by molar-refractivity contribution is 6.74. The second-order valence-electron chi connectivity index (χ2n) is 11.2. The second kappa shape index (κ2) is 7.09. The summed E-state index contributed by atoms with van der Waals surface area (Å²) in [5.74, 6) is 0. The lowest BCUT2D eigenvalue weighted by atomic mass is 9.77. The van der Waals surface area contributed by atoms with Crippen molar-refractivity contribution in [3.05, 3.63) is 29.8 Å². The van der Waals surface area contributed by atoms with E-state index in [-0.39, 0.29) is 16.2 Å². The smallest absolute Gasteiger partial charge is 0.465 e. The Morgan fingerprint density at radius 2 is 1.53 bits per heavy atom. The predicted molar refractivity (Wildman–Crippen MR) is 122 cm³/mol. The fraction of sp³-hybridized carbons (Fsp3) is 0.682. The van der Waals surface area contributed by atoms with Crippen LogP contribution in [0.15, 0.2) is 24.3 Å². The van der Waals surface area contributed by atoms with Crippen LogP contribution in [0.25, 0.3) is 0 Å². The summed E-state index contributed by atoms with van der Waals surface area (Å²) >= 11 is 0. The van der Waals surface area contributed by atoms with Gasteiger partial charge in [0.05, 0.1) is 24.3 Å². The standard InChI is InChI=1S/C22H36BNO5Si/c1-19(2,3)30(8,9)29-22(14-24(15-22)18(25)26)16-10-12-17(13-11-16)23-27-20(4,5)21(6,7)28-23/h10-13H,14-15H2,1-9H3,(H,25,26). The molecule has 0 radical (unpaired) electrons. The Balaban J connectivity index is 1.86. The summed E-state index contributed by atoms with van der Waals surface area (Å²) in [5, 5.41) is 9.44. The van der Waals surface area contributed by atoms with Crippen LogP contribution in [-0.2, 0) is 19.3 Å². The van der Waals surface area contributed by atoms with Crippen LogP contribution in [0, 0.1) is 0 Å². The molecule has 0 aromatic heterocycles. The quantitative estimate of drug-likeness (QED) is 0.721. The molecule has 2 aliphatic rings. The molecule has 166 valence electrons. The summed E-state index contributed by atoms with van der Waals surface area (Å²) in [6.07, 6.45) is -0.904. The Kier molecular flexibility index (Phi) is 5.51. The molecule has 3 rings (SSSR count). The lowest BCUT2D eigenvalue weighted by Crippen LogP contribution is -2.66. The monoisotopic (exact) mass is 433 g/mol. The molecule has 1 aromatic rings. The molecule has 1 aromatic carbocycles. The minimum atomic E-state index is -2.10. The number of likely N-dealkylation sites (tertiary alicyclic amines) is 1. The van der Waals surface area contributed by atoms with E-state index in [1.165, 1.54) is 4.90 Å². The van der Waals surface area contributed by atoms with Gasteiger partial charge in [-0.2, -0.15) is 0 Å². The summed E-state index contributed by atoms with van der Waals surface area (Å²) in [4.78, 5) is 12.9. The molecule has 1 N–H and O–H groups in total. The van der Waals surface area contributed by atoms with Crippen LogP contribution in [-0.4, -0.2) is 55.8 Å². The van der Waals surface area contributed by atoms with Gasteiger partial charge in [-0.15, -0.1) is 0 Å². The SMILES string of the molecule is CC1(C)OB(c2ccc(C3(O[Si](C)(C)C(C)(C)C)CN(C(=O)O)C3)cc2)OC1(C)C. The van der Waals surface area contributed by atoms with E-state index in [0.717, 1.165) is 11.0 Å². The summed E-state index contributed by atoms with van der Waals surface area (Å²) in [5.41, 5.74) is 0.577. The van der Waals surface area contributed by atoms with Crippen LogP contribution in [0.1, 0.15) is 54.0 Å². The largest absolute Gasteiger partial charge is 0.494 e. The van der Waals surface area contributed by atoms with Gasteiger partial charge in [-0.1, -0.05) is 45.0 Å². The van der Waals surface area contributed by atoms with Crippen molar-refractivity contribution in [3.63, 3.8) is 0 Å². The molecule has 2 heterocycles. The lowest BCUT2D eigenvalue weighted by Gasteiger charge is -2.54. The first-order valence-electron chi connectivity index (χ1n) is 10.6. The molecule has 0 aliphatic carbocycles. The number of nitrogens with zero attached hydrogens (tertiary/aromatic N) is 1. The van der Waals surface area contributed by atoms with E-state index in [4.69, 9.17) is 13.7 Å². The molecule has 2 fully saturated rings. The topological polar surface area (TPSA) is 68.2 Å². The van der Waals surface area contributed by atoms with E-state index in [0.29, 0.717) is 13.1 Å². The van der Waals surface area contributed by atoms with Gasteiger partial charge in [-0.3, -0.25) is 0 Å². The van der Waals surface area contributed by atoms with E-state index in [1.807, 2.05) is 52.0 Å². The number of amides is 1. The fourth-order valence-corrected chi connectivity index (χ4v) is 5.11. The Labute approximate surface area is 182 Å². The van der Waals surface area contributed by atoms with Crippen molar-refractivity contribution in [3.8, 4) is 0 Å². The zero-order valence-electron chi connectivity index (χ0n) is 19.8. The first-order chi connectivity index (χ1) is 13.5. The van der Waals surface area contributed by atoms with Crippen molar-refractivity contribution in [2.75, 3.05) is 13.1 Å². The Bertz CT molecular complexity index is 794. The average Bonchev–Trinajstić information content (AvgIpc) is 2.77. The highest BCUT2D eigenvalue weighted by Gasteiger charge is 2.54. The maximum atomic E-state index is 11.5. The van der Waals surface area contributed by atoms with E-state index in [2.05, 4.69) is 33.9 Å². The lowest BCUT2D eigenvalue weighted by molar-refractivity contribution is -0.0786. The van der Waals surface area contributed by atoms with E-state index in [1.54, 1.807) is 0 Å². The van der Waals surface area contributed by atoms with Gasteiger partial charge in [-0.25, -0.2) is 4.79 Å². The van der Waals surface area contributed by atoms with Crippen LogP contribution in [0.3, 0.4) is 0 Å². The van der Waals surface area contributed by atoms with Gasteiger partial charge in [0.25, 0.3) is 0 Å². The third-order valence-corrected chi connectivity index (χ3v) is 11.9. The highest BCUT2D eigenvalue weighted by Crippen LogP contribution is 2.45. The number of carbonyl (C=O) groups is 1. The van der Waals surface area contributed by atoms with E-state index in [9.17, 15) is 9.90 Å². The minimum Gasteiger partial charge on any atom is -0.465 e. The number of carboxylic acid groups (broad SMARTS) is 1. The van der Waals surface area contributed by atoms with Gasteiger partial charge >= 0.3 is 13.2 Å². The van der Waals surface area contributed by atoms with Crippen LogP contribution < -0.4 is 5.46 Å². The average molecular weight is 433 g/mol. The maximum absolute atomic E-state index is 11.5. The third-order valence-electron chi connectivity index (χ3n) is 7.38. The maximum Gasteiger partial charge on any atom is 0.494 e. The van der Waals surface area contributed by atoms with Crippen molar-refractivity contribution >= 4 is 27.0 Å². The molecule has 30 heavy (non-hydrogen) atoms. The Morgan fingerprint density at radius 1 is 1.07 bits per heavy atom. The molecule has 0 unspecified atom stereocenters. The van der Waals surface area contributed by atoms with Gasteiger partial charge in [-0.05, 0) is 56.9 Å². The number of benzene rings is 1. The normalized spacial score (nSPS) is 22.7. The van der Waals surface area contributed by atoms with Crippen molar-refractivity contribution in [2.24, 2.45) is 0 Å². The molecule has 2 saturated heterocycles. The molecule has 0 spiro atoms. The Morgan fingerprint density at radius 3 is 1.93 bits per heavy atom. The number of hydrogen-bond acceptors (Lipinski definition) is 4. The molecular formula is C22H36BNO5Si. The van der Waals surface area contributed by atoms with Crippen LogP contribution in [0.2, 0.25) is 18.1 Å². The molecule has 6 nitrogen and oxygen atoms in total.